The molecule has 7 nitrogen and oxygen atoms in total. The number of hydrogen-bond acceptors (Lipinski definition) is 6. The number of nitrogens with two attached hydrogens (primary N) is 1. The van der Waals surface area contributed by atoms with Gasteiger partial charge in [-0.15, -0.1) is 0 Å². The molecule has 2 aromatic rings. The summed E-state index contributed by atoms with van der Waals surface area (Å²) in [7, 11) is 0. The van der Waals surface area contributed by atoms with Gasteiger partial charge in [0.1, 0.15) is 5.82 Å². The van der Waals surface area contributed by atoms with Crippen molar-refractivity contribution in [1.29, 1.82) is 0 Å². The molecule has 1 aromatic heterocycles. The molecule has 1 aliphatic rings. The van der Waals surface area contributed by atoms with Crippen LogP contribution in [0.4, 0.5) is 11.6 Å². The smallest absolute Gasteiger partial charge is 0.274 e. The zero-order valence-corrected chi connectivity index (χ0v) is 14.9. The van der Waals surface area contributed by atoms with Crippen LogP contribution in [0.25, 0.3) is 0 Å². The molecule has 0 saturated carbocycles. The SMILES string of the molecule is CCOC(CN1C(=O)C(c2ccccc2)Oc2ccc(N)nc21)OCC. The second kappa shape index (κ2) is 8.16. The van der Waals surface area contributed by atoms with Gasteiger partial charge in [-0.1, -0.05) is 30.3 Å². The molecule has 2 N–H and O–H groups in total. The number of fused-ring (bicyclic) bond motifs is 1. The van der Waals surface area contributed by atoms with Crippen LogP contribution in [-0.4, -0.2) is 36.9 Å². The Kier molecular flexibility index (Phi) is 5.70. The van der Waals surface area contributed by atoms with E-state index in [0.29, 0.717) is 30.6 Å². The Morgan fingerprint density at radius 2 is 1.85 bits per heavy atom. The van der Waals surface area contributed by atoms with Gasteiger partial charge in [-0.25, -0.2) is 4.98 Å². The number of ether oxygens (including phenoxy) is 3. The Bertz CT molecular complexity index is 748. The molecule has 26 heavy (non-hydrogen) atoms. The van der Waals surface area contributed by atoms with E-state index in [-0.39, 0.29) is 12.5 Å². The van der Waals surface area contributed by atoms with E-state index in [2.05, 4.69) is 4.98 Å². The van der Waals surface area contributed by atoms with Crippen LogP contribution in [0.1, 0.15) is 25.5 Å². The van der Waals surface area contributed by atoms with Gasteiger partial charge in [-0.2, -0.15) is 0 Å². The van der Waals surface area contributed by atoms with Crippen LogP contribution in [0.3, 0.4) is 0 Å². The maximum Gasteiger partial charge on any atom is 0.274 e. The van der Waals surface area contributed by atoms with E-state index in [1.807, 2.05) is 44.2 Å². The fourth-order valence-electron chi connectivity index (χ4n) is 2.85. The second-order valence-electron chi connectivity index (χ2n) is 5.76. The number of nitrogen functional groups attached to an aromatic ring is 1. The van der Waals surface area contributed by atoms with Crippen LogP contribution in [-0.2, 0) is 14.3 Å². The molecular formula is C19H23N3O4. The maximum atomic E-state index is 13.2. The average molecular weight is 357 g/mol. The summed E-state index contributed by atoms with van der Waals surface area (Å²) in [6.07, 6.45) is -1.31. The monoisotopic (exact) mass is 357 g/mol. The predicted octanol–water partition coefficient (Wildman–Crippen LogP) is 2.53. The van der Waals surface area contributed by atoms with Crippen molar-refractivity contribution in [3.8, 4) is 5.75 Å². The molecule has 7 heteroatoms. The molecule has 2 heterocycles. The van der Waals surface area contributed by atoms with E-state index in [1.165, 1.54) is 4.90 Å². The highest BCUT2D eigenvalue weighted by molar-refractivity contribution is 5.99. The van der Waals surface area contributed by atoms with Crippen molar-refractivity contribution in [1.82, 2.24) is 4.98 Å². The van der Waals surface area contributed by atoms with E-state index in [4.69, 9.17) is 19.9 Å². The van der Waals surface area contributed by atoms with Crippen molar-refractivity contribution in [2.75, 3.05) is 30.4 Å². The van der Waals surface area contributed by atoms with E-state index in [1.54, 1.807) is 12.1 Å². The molecular weight excluding hydrogens is 334 g/mol. The zero-order valence-electron chi connectivity index (χ0n) is 14.9. The first kappa shape index (κ1) is 18.2. The summed E-state index contributed by atoms with van der Waals surface area (Å²) in [6.45, 7) is 4.91. The summed E-state index contributed by atoms with van der Waals surface area (Å²) in [4.78, 5) is 19.0. The van der Waals surface area contributed by atoms with Crippen LogP contribution in [0, 0.1) is 0 Å². The lowest BCUT2D eigenvalue weighted by atomic mass is 10.1. The number of aromatic nitrogens is 1. The molecule has 1 atom stereocenters. The summed E-state index contributed by atoms with van der Waals surface area (Å²) in [5, 5.41) is 0. The zero-order chi connectivity index (χ0) is 18.5. The van der Waals surface area contributed by atoms with Gasteiger partial charge in [0, 0.05) is 18.8 Å². The Morgan fingerprint density at radius 1 is 1.15 bits per heavy atom. The van der Waals surface area contributed by atoms with Crippen LogP contribution in [0.2, 0.25) is 0 Å². The fraction of sp³-hybridized carbons (Fsp3) is 0.368. The summed E-state index contributed by atoms with van der Waals surface area (Å²) in [5.41, 5.74) is 6.59. The number of pyridine rings is 1. The van der Waals surface area contributed by atoms with Crippen molar-refractivity contribution in [3.05, 3.63) is 48.0 Å². The van der Waals surface area contributed by atoms with Gasteiger partial charge in [-0.05, 0) is 26.0 Å². The maximum absolute atomic E-state index is 13.2. The summed E-state index contributed by atoms with van der Waals surface area (Å²) >= 11 is 0. The molecule has 0 saturated heterocycles. The number of hydrogen-bond donors (Lipinski definition) is 1. The first-order valence-corrected chi connectivity index (χ1v) is 8.66. The van der Waals surface area contributed by atoms with Gasteiger partial charge < -0.3 is 19.9 Å². The average Bonchev–Trinajstić information content (AvgIpc) is 2.65. The second-order valence-corrected chi connectivity index (χ2v) is 5.76. The summed E-state index contributed by atoms with van der Waals surface area (Å²) in [5.74, 6) is 0.963. The molecule has 1 aromatic carbocycles. The normalized spacial score (nSPS) is 16.5. The van der Waals surface area contributed by atoms with Gasteiger partial charge in [0.25, 0.3) is 5.91 Å². The minimum Gasteiger partial charge on any atom is -0.472 e. The Hall–Kier alpha value is -2.64. The van der Waals surface area contributed by atoms with Crippen molar-refractivity contribution in [2.24, 2.45) is 0 Å². The van der Waals surface area contributed by atoms with E-state index >= 15 is 0 Å². The van der Waals surface area contributed by atoms with Crippen LogP contribution >= 0.6 is 0 Å². The molecule has 0 bridgehead atoms. The molecule has 3 rings (SSSR count). The van der Waals surface area contributed by atoms with E-state index < -0.39 is 12.4 Å². The number of rotatable bonds is 7. The highest BCUT2D eigenvalue weighted by Crippen LogP contribution is 2.38. The minimum absolute atomic E-state index is 0.205. The van der Waals surface area contributed by atoms with E-state index in [9.17, 15) is 4.79 Å². The first-order chi connectivity index (χ1) is 12.6. The number of nitrogens with zero attached hydrogens (tertiary/aromatic N) is 2. The lowest BCUT2D eigenvalue weighted by Crippen LogP contribution is -2.46. The third-order valence-corrected chi connectivity index (χ3v) is 3.99. The van der Waals surface area contributed by atoms with Crippen LogP contribution in [0.15, 0.2) is 42.5 Å². The quantitative estimate of drug-likeness (QED) is 0.766. The highest BCUT2D eigenvalue weighted by Gasteiger charge is 2.38. The number of benzene rings is 1. The van der Waals surface area contributed by atoms with E-state index in [0.717, 1.165) is 5.56 Å². The fourth-order valence-corrected chi connectivity index (χ4v) is 2.85. The van der Waals surface area contributed by atoms with Gasteiger partial charge in [-0.3, -0.25) is 9.69 Å². The topological polar surface area (TPSA) is 86.9 Å². The molecule has 1 amide bonds. The summed E-state index contributed by atoms with van der Waals surface area (Å²) in [6, 6.07) is 12.7. The van der Waals surface area contributed by atoms with Crippen LogP contribution < -0.4 is 15.4 Å². The molecule has 138 valence electrons. The Labute approximate surface area is 152 Å². The van der Waals surface area contributed by atoms with Gasteiger partial charge in [0.15, 0.2) is 17.9 Å². The van der Waals surface area contributed by atoms with Crippen molar-refractivity contribution < 1.29 is 19.0 Å². The molecule has 1 aliphatic heterocycles. The van der Waals surface area contributed by atoms with Crippen molar-refractivity contribution in [2.45, 2.75) is 26.2 Å². The highest BCUT2D eigenvalue weighted by atomic mass is 16.7. The molecule has 1 unspecified atom stereocenters. The van der Waals surface area contributed by atoms with Crippen molar-refractivity contribution in [3.63, 3.8) is 0 Å². The first-order valence-electron chi connectivity index (χ1n) is 8.66. The van der Waals surface area contributed by atoms with Gasteiger partial charge in [0.05, 0.1) is 6.54 Å². The lowest BCUT2D eigenvalue weighted by molar-refractivity contribution is -0.139. The van der Waals surface area contributed by atoms with Crippen molar-refractivity contribution >= 4 is 17.5 Å². The predicted molar refractivity (Wildman–Crippen MR) is 97.9 cm³/mol. The third-order valence-electron chi connectivity index (χ3n) is 3.99. The number of carbonyl (C=O) groups excluding carboxylic acids is 1. The summed E-state index contributed by atoms with van der Waals surface area (Å²) < 4.78 is 17.1. The Morgan fingerprint density at radius 3 is 2.50 bits per heavy atom. The molecule has 0 radical (unpaired) electrons. The molecule has 0 spiro atoms. The number of carbonyl (C=O) groups is 1. The number of anilines is 2. The minimum atomic E-state index is -0.752. The van der Waals surface area contributed by atoms with Gasteiger partial charge in [0.2, 0.25) is 6.10 Å². The largest absolute Gasteiger partial charge is 0.472 e. The standard InChI is InChI=1S/C19H23N3O4/c1-3-24-16(25-4-2)12-22-18-14(10-11-15(20)21-18)26-17(19(22)23)13-8-6-5-7-9-13/h5-11,16-17H,3-4,12H2,1-2H3,(H2,20,21). The molecule has 0 fully saturated rings. The lowest BCUT2D eigenvalue weighted by Gasteiger charge is -2.35. The third kappa shape index (κ3) is 3.79. The van der Waals surface area contributed by atoms with Gasteiger partial charge >= 0.3 is 0 Å². The molecule has 0 aliphatic carbocycles. The Balaban J connectivity index is 1.96. The van der Waals surface area contributed by atoms with Crippen LogP contribution in [0.5, 0.6) is 5.75 Å². The number of amides is 1.